The SMILES string of the molecule is CCOc1ccc(CCC(=O)NCC(C)C(=O)O)cc1. The Morgan fingerprint density at radius 3 is 2.50 bits per heavy atom. The van der Waals surface area contributed by atoms with Gasteiger partial charge in [0, 0.05) is 13.0 Å². The molecule has 0 saturated carbocycles. The second kappa shape index (κ2) is 8.19. The first kappa shape index (κ1) is 16.0. The van der Waals surface area contributed by atoms with Gasteiger partial charge >= 0.3 is 5.97 Å². The van der Waals surface area contributed by atoms with Gasteiger partial charge in [0.2, 0.25) is 5.91 Å². The van der Waals surface area contributed by atoms with E-state index in [-0.39, 0.29) is 12.5 Å². The second-order valence-corrected chi connectivity index (χ2v) is 4.62. The molecule has 0 aliphatic rings. The number of carbonyl (C=O) groups is 2. The Kier molecular flexibility index (Phi) is 6.56. The Labute approximate surface area is 118 Å². The number of nitrogens with one attached hydrogen (secondary N) is 1. The highest BCUT2D eigenvalue weighted by molar-refractivity contribution is 5.77. The van der Waals surface area contributed by atoms with Gasteiger partial charge in [-0.2, -0.15) is 0 Å². The van der Waals surface area contributed by atoms with Crippen LogP contribution in [0.1, 0.15) is 25.8 Å². The van der Waals surface area contributed by atoms with Gasteiger partial charge in [0.15, 0.2) is 0 Å². The molecule has 1 rings (SSSR count). The maximum Gasteiger partial charge on any atom is 0.308 e. The molecule has 1 aromatic carbocycles. The standard InChI is InChI=1S/C15H21NO4/c1-3-20-13-7-4-12(5-8-13)6-9-14(17)16-10-11(2)15(18)19/h4-5,7-8,11H,3,6,9-10H2,1-2H3,(H,16,17)(H,18,19). The lowest BCUT2D eigenvalue weighted by atomic mass is 10.1. The number of benzene rings is 1. The molecule has 1 atom stereocenters. The Hall–Kier alpha value is -2.04. The number of carboxylic acids is 1. The number of rotatable bonds is 8. The van der Waals surface area contributed by atoms with E-state index in [2.05, 4.69) is 5.32 Å². The summed E-state index contributed by atoms with van der Waals surface area (Å²) >= 11 is 0. The van der Waals surface area contributed by atoms with Crippen molar-refractivity contribution in [2.75, 3.05) is 13.2 Å². The van der Waals surface area contributed by atoms with Crippen molar-refractivity contribution in [1.29, 1.82) is 0 Å². The first-order valence-corrected chi connectivity index (χ1v) is 6.74. The van der Waals surface area contributed by atoms with Crippen LogP contribution in [-0.4, -0.2) is 30.1 Å². The van der Waals surface area contributed by atoms with Crippen molar-refractivity contribution >= 4 is 11.9 Å². The molecular weight excluding hydrogens is 258 g/mol. The maximum atomic E-state index is 11.6. The highest BCUT2D eigenvalue weighted by Gasteiger charge is 2.11. The average molecular weight is 279 g/mol. The fourth-order valence-electron chi connectivity index (χ4n) is 1.62. The van der Waals surface area contributed by atoms with Crippen LogP contribution in [0.3, 0.4) is 0 Å². The summed E-state index contributed by atoms with van der Waals surface area (Å²) in [5.41, 5.74) is 1.05. The summed E-state index contributed by atoms with van der Waals surface area (Å²) in [5, 5.41) is 11.3. The van der Waals surface area contributed by atoms with E-state index in [4.69, 9.17) is 9.84 Å². The van der Waals surface area contributed by atoms with Crippen molar-refractivity contribution in [2.24, 2.45) is 5.92 Å². The number of carbonyl (C=O) groups excluding carboxylic acids is 1. The molecule has 5 heteroatoms. The number of amides is 1. The number of aliphatic carboxylic acids is 1. The Morgan fingerprint density at radius 1 is 1.30 bits per heavy atom. The molecule has 0 bridgehead atoms. The van der Waals surface area contributed by atoms with Gasteiger partial charge in [-0.05, 0) is 31.0 Å². The van der Waals surface area contributed by atoms with Gasteiger partial charge in [-0.25, -0.2) is 0 Å². The Balaban J connectivity index is 2.31. The molecule has 20 heavy (non-hydrogen) atoms. The molecule has 1 unspecified atom stereocenters. The third-order valence-electron chi connectivity index (χ3n) is 2.90. The van der Waals surface area contributed by atoms with E-state index in [1.165, 1.54) is 0 Å². The van der Waals surface area contributed by atoms with E-state index in [1.807, 2.05) is 31.2 Å². The van der Waals surface area contributed by atoms with Crippen LogP contribution in [0.5, 0.6) is 5.75 Å². The van der Waals surface area contributed by atoms with E-state index in [1.54, 1.807) is 6.92 Å². The fourth-order valence-corrected chi connectivity index (χ4v) is 1.62. The summed E-state index contributed by atoms with van der Waals surface area (Å²) < 4.78 is 5.34. The predicted molar refractivity (Wildman–Crippen MR) is 75.7 cm³/mol. The largest absolute Gasteiger partial charge is 0.494 e. The third kappa shape index (κ3) is 5.73. The van der Waals surface area contributed by atoms with E-state index >= 15 is 0 Å². The molecule has 1 amide bonds. The van der Waals surface area contributed by atoms with Crippen LogP contribution >= 0.6 is 0 Å². The Bertz CT molecular complexity index is 442. The van der Waals surface area contributed by atoms with E-state index in [0.29, 0.717) is 19.4 Å². The van der Waals surface area contributed by atoms with Crippen LogP contribution < -0.4 is 10.1 Å². The van der Waals surface area contributed by atoms with Crippen molar-refractivity contribution in [3.63, 3.8) is 0 Å². The second-order valence-electron chi connectivity index (χ2n) is 4.62. The minimum Gasteiger partial charge on any atom is -0.494 e. The lowest BCUT2D eigenvalue weighted by Crippen LogP contribution is -2.31. The number of hydrogen-bond donors (Lipinski definition) is 2. The van der Waals surface area contributed by atoms with Gasteiger partial charge < -0.3 is 15.2 Å². The fraction of sp³-hybridized carbons (Fsp3) is 0.467. The van der Waals surface area contributed by atoms with Crippen LogP contribution in [0.2, 0.25) is 0 Å². The third-order valence-corrected chi connectivity index (χ3v) is 2.90. The summed E-state index contributed by atoms with van der Waals surface area (Å²) in [6.45, 7) is 4.28. The van der Waals surface area contributed by atoms with Crippen molar-refractivity contribution < 1.29 is 19.4 Å². The molecule has 0 fully saturated rings. The van der Waals surface area contributed by atoms with Crippen LogP contribution in [0, 0.1) is 5.92 Å². The van der Waals surface area contributed by atoms with Gasteiger partial charge in [0.25, 0.3) is 0 Å². The summed E-state index contributed by atoms with van der Waals surface area (Å²) in [5.74, 6) is -0.788. The predicted octanol–water partition coefficient (Wildman–Crippen LogP) is 1.85. The van der Waals surface area contributed by atoms with Gasteiger partial charge in [-0.1, -0.05) is 19.1 Å². The molecule has 0 aromatic heterocycles. The number of hydrogen-bond acceptors (Lipinski definition) is 3. The van der Waals surface area contributed by atoms with Crippen LogP contribution in [-0.2, 0) is 16.0 Å². The summed E-state index contributed by atoms with van der Waals surface area (Å²) in [6.07, 6.45) is 0.972. The zero-order valence-electron chi connectivity index (χ0n) is 11.9. The number of carboxylic acid groups (broad SMARTS) is 1. The van der Waals surface area contributed by atoms with Crippen molar-refractivity contribution in [2.45, 2.75) is 26.7 Å². The maximum absolute atomic E-state index is 11.6. The number of ether oxygens (including phenoxy) is 1. The van der Waals surface area contributed by atoms with Gasteiger partial charge in [0.05, 0.1) is 12.5 Å². The van der Waals surface area contributed by atoms with Crippen molar-refractivity contribution in [3.8, 4) is 5.75 Å². The minimum atomic E-state index is -0.906. The monoisotopic (exact) mass is 279 g/mol. The van der Waals surface area contributed by atoms with Crippen LogP contribution in [0.15, 0.2) is 24.3 Å². The summed E-state index contributed by atoms with van der Waals surface area (Å²) in [4.78, 5) is 22.2. The van der Waals surface area contributed by atoms with Gasteiger partial charge in [-0.3, -0.25) is 9.59 Å². The zero-order valence-corrected chi connectivity index (χ0v) is 11.9. The molecule has 2 N–H and O–H groups in total. The molecule has 0 saturated heterocycles. The highest BCUT2D eigenvalue weighted by Crippen LogP contribution is 2.13. The van der Waals surface area contributed by atoms with Gasteiger partial charge in [0.1, 0.15) is 5.75 Å². The normalized spacial score (nSPS) is 11.7. The van der Waals surface area contributed by atoms with Crippen LogP contribution in [0.4, 0.5) is 0 Å². The van der Waals surface area contributed by atoms with Crippen molar-refractivity contribution in [3.05, 3.63) is 29.8 Å². The van der Waals surface area contributed by atoms with Crippen molar-refractivity contribution in [1.82, 2.24) is 5.32 Å². The van der Waals surface area contributed by atoms with Gasteiger partial charge in [-0.15, -0.1) is 0 Å². The Morgan fingerprint density at radius 2 is 1.95 bits per heavy atom. The quantitative estimate of drug-likeness (QED) is 0.761. The highest BCUT2D eigenvalue weighted by atomic mass is 16.5. The molecule has 110 valence electrons. The molecule has 0 aliphatic heterocycles. The minimum absolute atomic E-state index is 0.132. The molecule has 0 spiro atoms. The van der Waals surface area contributed by atoms with E-state index in [0.717, 1.165) is 11.3 Å². The van der Waals surface area contributed by atoms with E-state index < -0.39 is 11.9 Å². The molecule has 5 nitrogen and oxygen atoms in total. The average Bonchev–Trinajstić information content (AvgIpc) is 2.44. The summed E-state index contributed by atoms with van der Waals surface area (Å²) in [6, 6.07) is 7.61. The molecule has 0 heterocycles. The molecule has 0 radical (unpaired) electrons. The number of aryl methyl sites for hydroxylation is 1. The smallest absolute Gasteiger partial charge is 0.308 e. The van der Waals surface area contributed by atoms with E-state index in [9.17, 15) is 9.59 Å². The van der Waals surface area contributed by atoms with Crippen LogP contribution in [0.25, 0.3) is 0 Å². The first-order chi connectivity index (χ1) is 9.52. The lowest BCUT2D eigenvalue weighted by Gasteiger charge is -2.08. The topological polar surface area (TPSA) is 75.6 Å². The molecule has 1 aromatic rings. The molecule has 0 aliphatic carbocycles. The lowest BCUT2D eigenvalue weighted by molar-refractivity contribution is -0.141. The molecular formula is C15H21NO4. The summed E-state index contributed by atoms with van der Waals surface area (Å²) in [7, 11) is 0. The first-order valence-electron chi connectivity index (χ1n) is 6.74. The zero-order chi connectivity index (χ0) is 15.0.